The molecule has 31 heavy (non-hydrogen) atoms. The molecule has 2 heterocycles. The van der Waals surface area contributed by atoms with Gasteiger partial charge >= 0.3 is 12.2 Å². The number of hydrogen-bond donors (Lipinski definition) is 2. The van der Waals surface area contributed by atoms with Crippen LogP contribution in [0.25, 0.3) is 0 Å². The highest BCUT2D eigenvalue weighted by Crippen LogP contribution is 2.32. The Balaban J connectivity index is 2.22. The number of carbonyl (C=O) groups is 2. The van der Waals surface area contributed by atoms with Crippen LogP contribution in [0.5, 0.6) is 0 Å². The predicted molar refractivity (Wildman–Crippen MR) is 118 cm³/mol. The zero-order valence-electron chi connectivity index (χ0n) is 19.4. The van der Waals surface area contributed by atoms with E-state index < -0.39 is 29.4 Å². The first-order chi connectivity index (χ1) is 14.3. The van der Waals surface area contributed by atoms with Gasteiger partial charge in [0.25, 0.3) is 0 Å². The van der Waals surface area contributed by atoms with Crippen molar-refractivity contribution in [2.45, 2.75) is 65.7 Å². The minimum atomic E-state index is -0.637. The van der Waals surface area contributed by atoms with Crippen molar-refractivity contribution in [2.75, 3.05) is 23.3 Å². The van der Waals surface area contributed by atoms with Crippen LogP contribution in [0.4, 0.5) is 21.0 Å². The summed E-state index contributed by atoms with van der Waals surface area (Å²) in [4.78, 5) is 30.7. The summed E-state index contributed by atoms with van der Waals surface area (Å²) >= 11 is 0. The summed E-state index contributed by atoms with van der Waals surface area (Å²) in [6.07, 6.45) is 2.04. The topological polar surface area (TPSA) is 117 Å². The highest BCUT2D eigenvalue weighted by Gasteiger charge is 2.37. The van der Waals surface area contributed by atoms with Gasteiger partial charge in [0.05, 0.1) is 35.6 Å². The summed E-state index contributed by atoms with van der Waals surface area (Å²) in [6.45, 7) is 13.7. The summed E-state index contributed by atoms with van der Waals surface area (Å²) in [7, 11) is 0. The number of nitrogens with one attached hydrogen (secondary N) is 2. The second kappa shape index (κ2) is 9.41. The summed E-state index contributed by atoms with van der Waals surface area (Å²) in [6, 6.07) is 3.67. The van der Waals surface area contributed by atoms with Crippen molar-refractivity contribution in [2.24, 2.45) is 11.8 Å². The standard InChI is InChI=1S/C22H33N5O4/c1-14-12-27(13-17(15(14)10-23)26-20(29)31-22(5,6)7)18-8-9-24-11-16(18)25-19(28)30-21(2,3)4/h8-9,11,14-15,17H,12-13H2,1-7H3,(H,25,28)(H,26,29)/t14-,15-,17-/m0/s1. The molecule has 1 aromatic rings. The van der Waals surface area contributed by atoms with Crippen molar-refractivity contribution in [3.63, 3.8) is 0 Å². The number of nitrogens with zero attached hydrogens (tertiary/aromatic N) is 3. The van der Waals surface area contributed by atoms with Crippen LogP contribution in [-0.2, 0) is 9.47 Å². The number of anilines is 2. The molecule has 0 aliphatic carbocycles. The summed E-state index contributed by atoms with van der Waals surface area (Å²) < 4.78 is 10.7. The molecule has 170 valence electrons. The number of piperidine rings is 1. The average molecular weight is 432 g/mol. The number of aromatic nitrogens is 1. The summed E-state index contributed by atoms with van der Waals surface area (Å²) in [5.41, 5.74) is -0.0356. The molecular formula is C22H33N5O4. The van der Waals surface area contributed by atoms with E-state index in [-0.39, 0.29) is 11.8 Å². The molecule has 2 rings (SSSR count). The van der Waals surface area contributed by atoms with Gasteiger partial charge in [0, 0.05) is 19.3 Å². The van der Waals surface area contributed by atoms with E-state index in [0.717, 1.165) is 5.69 Å². The van der Waals surface area contributed by atoms with Gasteiger partial charge in [-0.1, -0.05) is 6.92 Å². The third kappa shape index (κ3) is 7.31. The Labute approximate surface area is 184 Å². The molecule has 1 aromatic heterocycles. The third-order valence-electron chi connectivity index (χ3n) is 4.60. The van der Waals surface area contributed by atoms with Gasteiger partial charge in [-0.25, -0.2) is 9.59 Å². The van der Waals surface area contributed by atoms with E-state index in [2.05, 4.69) is 21.7 Å². The van der Waals surface area contributed by atoms with Gasteiger partial charge in [0.15, 0.2) is 0 Å². The molecule has 1 saturated heterocycles. The van der Waals surface area contributed by atoms with Gasteiger partial charge in [-0.05, 0) is 53.5 Å². The molecule has 1 fully saturated rings. The smallest absolute Gasteiger partial charge is 0.412 e. The van der Waals surface area contributed by atoms with Gasteiger partial charge in [0.1, 0.15) is 11.2 Å². The minimum absolute atomic E-state index is 0.0266. The van der Waals surface area contributed by atoms with E-state index in [1.807, 2.05) is 11.8 Å². The number of alkyl carbamates (subject to hydrolysis) is 1. The van der Waals surface area contributed by atoms with Crippen LogP contribution in [0.1, 0.15) is 48.5 Å². The molecule has 3 atom stereocenters. The average Bonchev–Trinajstić information content (AvgIpc) is 2.58. The maximum atomic E-state index is 12.3. The predicted octanol–water partition coefficient (Wildman–Crippen LogP) is 3.92. The lowest BCUT2D eigenvalue weighted by atomic mass is 9.84. The number of pyridine rings is 1. The molecule has 2 amide bonds. The lowest BCUT2D eigenvalue weighted by Gasteiger charge is -2.41. The van der Waals surface area contributed by atoms with Crippen molar-refractivity contribution in [1.29, 1.82) is 5.26 Å². The number of carbonyl (C=O) groups excluding carboxylic acids is 2. The normalized spacial score (nSPS) is 21.6. The molecule has 0 bridgehead atoms. The first-order valence-electron chi connectivity index (χ1n) is 10.4. The Kier molecular flexibility index (Phi) is 7.37. The van der Waals surface area contributed by atoms with E-state index in [0.29, 0.717) is 18.8 Å². The molecule has 1 aliphatic rings. The van der Waals surface area contributed by atoms with Crippen LogP contribution in [0.2, 0.25) is 0 Å². The van der Waals surface area contributed by atoms with Gasteiger partial charge in [0.2, 0.25) is 0 Å². The Bertz CT molecular complexity index is 838. The van der Waals surface area contributed by atoms with E-state index in [9.17, 15) is 14.9 Å². The van der Waals surface area contributed by atoms with E-state index in [1.165, 1.54) is 0 Å². The van der Waals surface area contributed by atoms with Gasteiger partial charge in [-0.2, -0.15) is 5.26 Å². The quantitative estimate of drug-likeness (QED) is 0.745. The van der Waals surface area contributed by atoms with Gasteiger partial charge < -0.3 is 19.7 Å². The Morgan fingerprint density at radius 1 is 1.13 bits per heavy atom. The second-order valence-corrected chi connectivity index (χ2v) is 9.81. The van der Waals surface area contributed by atoms with Crippen molar-refractivity contribution < 1.29 is 19.1 Å². The fraction of sp³-hybridized carbons (Fsp3) is 0.636. The van der Waals surface area contributed by atoms with Crippen molar-refractivity contribution in [3.8, 4) is 6.07 Å². The monoisotopic (exact) mass is 431 g/mol. The highest BCUT2D eigenvalue weighted by atomic mass is 16.6. The zero-order chi connectivity index (χ0) is 23.4. The lowest BCUT2D eigenvalue weighted by molar-refractivity contribution is 0.0480. The molecular weight excluding hydrogens is 398 g/mol. The molecule has 0 unspecified atom stereocenters. The number of rotatable bonds is 3. The van der Waals surface area contributed by atoms with Crippen molar-refractivity contribution in [3.05, 3.63) is 18.5 Å². The fourth-order valence-corrected chi connectivity index (χ4v) is 3.46. The molecule has 9 heteroatoms. The highest BCUT2D eigenvalue weighted by molar-refractivity contribution is 5.89. The van der Waals surface area contributed by atoms with Crippen LogP contribution in [0, 0.1) is 23.2 Å². The van der Waals surface area contributed by atoms with Crippen LogP contribution in [0.15, 0.2) is 18.5 Å². The molecule has 0 spiro atoms. The van der Waals surface area contributed by atoms with E-state index in [1.54, 1.807) is 60.0 Å². The molecule has 0 saturated carbocycles. The molecule has 0 radical (unpaired) electrons. The SMILES string of the molecule is C[C@H]1CN(c2ccncc2NC(=O)OC(C)(C)C)C[C@H](NC(=O)OC(C)(C)C)[C@H]1C#N. The number of hydrogen-bond acceptors (Lipinski definition) is 7. The zero-order valence-corrected chi connectivity index (χ0v) is 19.4. The van der Waals surface area contributed by atoms with Crippen LogP contribution in [0.3, 0.4) is 0 Å². The van der Waals surface area contributed by atoms with Gasteiger partial charge in [-0.15, -0.1) is 0 Å². The summed E-state index contributed by atoms with van der Waals surface area (Å²) in [5.74, 6) is -0.394. The molecule has 2 N–H and O–H groups in total. The third-order valence-corrected chi connectivity index (χ3v) is 4.60. The van der Waals surface area contributed by atoms with Crippen LogP contribution in [-0.4, -0.2) is 47.5 Å². The van der Waals surface area contributed by atoms with Crippen molar-refractivity contribution in [1.82, 2.24) is 10.3 Å². The maximum absolute atomic E-state index is 12.3. The lowest BCUT2D eigenvalue weighted by Crippen LogP contribution is -2.56. The molecule has 0 aromatic carbocycles. The number of nitriles is 1. The minimum Gasteiger partial charge on any atom is -0.444 e. The van der Waals surface area contributed by atoms with Crippen LogP contribution >= 0.6 is 0 Å². The first-order valence-corrected chi connectivity index (χ1v) is 10.4. The second-order valence-electron chi connectivity index (χ2n) is 9.81. The maximum Gasteiger partial charge on any atom is 0.412 e. The van der Waals surface area contributed by atoms with Gasteiger partial charge in [-0.3, -0.25) is 10.3 Å². The Morgan fingerprint density at radius 2 is 1.74 bits per heavy atom. The molecule has 9 nitrogen and oxygen atoms in total. The Hall–Kier alpha value is -3.02. The van der Waals surface area contributed by atoms with Crippen molar-refractivity contribution >= 4 is 23.6 Å². The van der Waals surface area contributed by atoms with Crippen LogP contribution < -0.4 is 15.5 Å². The van der Waals surface area contributed by atoms with E-state index in [4.69, 9.17) is 9.47 Å². The van der Waals surface area contributed by atoms with E-state index >= 15 is 0 Å². The first kappa shape index (κ1) is 24.3. The fourth-order valence-electron chi connectivity index (χ4n) is 3.46. The summed E-state index contributed by atoms with van der Waals surface area (Å²) in [5, 5.41) is 15.3. The Morgan fingerprint density at radius 3 is 2.32 bits per heavy atom. The number of amides is 2. The largest absolute Gasteiger partial charge is 0.444 e. The molecule has 1 aliphatic heterocycles. The number of ether oxygens (including phenoxy) is 2.